The minimum Gasteiger partial charge on any atom is -0.487 e. The minimum absolute atomic E-state index is 0.0853. The molecule has 0 amide bonds. The molecule has 2 rings (SSSR count). The van der Waals surface area contributed by atoms with Gasteiger partial charge < -0.3 is 4.74 Å². The lowest BCUT2D eigenvalue weighted by molar-refractivity contribution is -0.385. The summed E-state index contributed by atoms with van der Waals surface area (Å²) in [5.74, 6) is 0.366. The molecule has 0 radical (unpaired) electrons. The molecule has 0 N–H and O–H groups in total. The molecular formula is C12H12ClNO4. The zero-order valence-corrected chi connectivity index (χ0v) is 10.7. The number of ketones is 1. The van der Waals surface area contributed by atoms with Gasteiger partial charge in [0, 0.05) is 12.5 Å². The molecule has 1 aliphatic carbocycles. The van der Waals surface area contributed by atoms with Gasteiger partial charge in [0.25, 0.3) is 5.69 Å². The Morgan fingerprint density at radius 3 is 2.67 bits per heavy atom. The molecule has 0 heterocycles. The fourth-order valence-electron chi connectivity index (χ4n) is 1.77. The van der Waals surface area contributed by atoms with Gasteiger partial charge in [-0.2, -0.15) is 0 Å². The summed E-state index contributed by atoms with van der Waals surface area (Å²) in [6.07, 6.45) is 0.0240. The van der Waals surface area contributed by atoms with Crippen LogP contribution in [0.3, 0.4) is 0 Å². The highest BCUT2D eigenvalue weighted by molar-refractivity contribution is 6.32. The van der Waals surface area contributed by atoms with Gasteiger partial charge in [0.05, 0.1) is 21.4 Å². The first-order valence-corrected chi connectivity index (χ1v) is 5.84. The van der Waals surface area contributed by atoms with Gasteiger partial charge in [0.15, 0.2) is 0 Å². The van der Waals surface area contributed by atoms with Gasteiger partial charge in [0.2, 0.25) is 0 Å². The second-order valence-electron chi connectivity index (χ2n) is 4.83. The standard InChI is InChI=1S/C12H12ClNO4/c1-12(2)10(15)6-11(12)18-9-5-7(14(16)17)3-4-8(9)13/h3-5,11H,6H2,1-2H3. The number of benzene rings is 1. The van der Waals surface area contributed by atoms with E-state index in [1.165, 1.54) is 18.2 Å². The minimum atomic E-state index is -0.562. The fraction of sp³-hybridized carbons (Fsp3) is 0.417. The van der Waals surface area contributed by atoms with E-state index in [4.69, 9.17) is 16.3 Å². The number of carbonyl (C=O) groups excluding carboxylic acids is 1. The van der Waals surface area contributed by atoms with E-state index in [1.54, 1.807) is 13.8 Å². The van der Waals surface area contributed by atoms with Crippen molar-refractivity contribution in [3.8, 4) is 5.75 Å². The Kier molecular flexibility index (Phi) is 3.02. The van der Waals surface area contributed by atoms with Gasteiger partial charge in [-0.1, -0.05) is 11.6 Å². The van der Waals surface area contributed by atoms with Crippen LogP contribution in [-0.2, 0) is 4.79 Å². The average Bonchev–Trinajstić information content (AvgIpc) is 2.30. The van der Waals surface area contributed by atoms with Crippen molar-refractivity contribution in [1.29, 1.82) is 0 Å². The summed E-state index contributed by atoms with van der Waals surface area (Å²) in [5.41, 5.74) is -0.647. The van der Waals surface area contributed by atoms with E-state index in [2.05, 4.69) is 0 Å². The lowest BCUT2D eigenvalue weighted by Crippen LogP contribution is -2.53. The number of carbonyl (C=O) groups is 1. The molecule has 6 heteroatoms. The molecule has 0 aromatic heterocycles. The van der Waals surface area contributed by atoms with Crippen LogP contribution in [0, 0.1) is 15.5 Å². The van der Waals surface area contributed by atoms with E-state index in [-0.39, 0.29) is 23.3 Å². The van der Waals surface area contributed by atoms with Crippen LogP contribution in [-0.4, -0.2) is 16.8 Å². The highest BCUT2D eigenvalue weighted by Gasteiger charge is 2.49. The molecule has 18 heavy (non-hydrogen) atoms. The molecule has 1 aliphatic rings. The largest absolute Gasteiger partial charge is 0.487 e. The van der Waals surface area contributed by atoms with Crippen molar-refractivity contribution in [3.05, 3.63) is 33.3 Å². The second-order valence-corrected chi connectivity index (χ2v) is 5.23. The van der Waals surface area contributed by atoms with Crippen LogP contribution in [0.5, 0.6) is 5.75 Å². The Bertz CT molecular complexity index is 527. The van der Waals surface area contributed by atoms with E-state index in [0.717, 1.165) is 0 Å². The first kappa shape index (κ1) is 12.8. The zero-order valence-electron chi connectivity index (χ0n) is 9.97. The fourth-order valence-corrected chi connectivity index (χ4v) is 1.94. The molecule has 1 atom stereocenters. The third-order valence-electron chi connectivity index (χ3n) is 3.29. The summed E-state index contributed by atoms with van der Waals surface area (Å²) in [4.78, 5) is 21.5. The molecule has 0 bridgehead atoms. The molecule has 1 fully saturated rings. The van der Waals surface area contributed by atoms with Gasteiger partial charge in [0.1, 0.15) is 17.6 Å². The molecule has 1 aromatic rings. The Morgan fingerprint density at radius 1 is 1.50 bits per heavy atom. The van der Waals surface area contributed by atoms with Crippen molar-refractivity contribution in [2.24, 2.45) is 5.41 Å². The number of halogens is 1. The highest BCUT2D eigenvalue weighted by atomic mass is 35.5. The summed E-state index contributed by atoms with van der Waals surface area (Å²) in [7, 11) is 0. The Labute approximate surface area is 109 Å². The number of nitrogens with zero attached hydrogens (tertiary/aromatic N) is 1. The second kappa shape index (κ2) is 4.24. The van der Waals surface area contributed by atoms with Crippen molar-refractivity contribution in [2.75, 3.05) is 0 Å². The van der Waals surface area contributed by atoms with Crippen LogP contribution >= 0.6 is 11.6 Å². The van der Waals surface area contributed by atoms with E-state index >= 15 is 0 Å². The van der Waals surface area contributed by atoms with Gasteiger partial charge in [-0.25, -0.2) is 0 Å². The summed E-state index contributed by atoms with van der Waals surface area (Å²) < 4.78 is 5.60. The lowest BCUT2D eigenvalue weighted by Gasteiger charge is -2.41. The summed E-state index contributed by atoms with van der Waals surface area (Å²) in [6.45, 7) is 3.57. The number of rotatable bonds is 3. The van der Waals surface area contributed by atoms with Crippen LogP contribution in [0.4, 0.5) is 5.69 Å². The molecule has 1 unspecified atom stereocenters. The Hall–Kier alpha value is -1.62. The molecule has 0 spiro atoms. The zero-order chi connectivity index (χ0) is 13.5. The maximum absolute atomic E-state index is 11.4. The number of nitro benzene ring substituents is 1. The van der Waals surface area contributed by atoms with Crippen molar-refractivity contribution in [3.63, 3.8) is 0 Å². The number of hydrogen-bond acceptors (Lipinski definition) is 4. The number of ether oxygens (including phenoxy) is 1. The van der Waals surface area contributed by atoms with Crippen LogP contribution in [0.15, 0.2) is 18.2 Å². The normalized spacial score (nSPS) is 21.3. The van der Waals surface area contributed by atoms with Gasteiger partial charge in [-0.05, 0) is 19.9 Å². The number of non-ortho nitro benzene ring substituents is 1. The number of nitro groups is 1. The van der Waals surface area contributed by atoms with Gasteiger partial charge in [-0.3, -0.25) is 14.9 Å². The van der Waals surface area contributed by atoms with E-state index < -0.39 is 10.3 Å². The summed E-state index contributed by atoms with van der Waals surface area (Å²) in [6, 6.07) is 4.01. The number of Topliss-reactive ketones (excluding diaryl/α,β-unsaturated/α-hetero) is 1. The third kappa shape index (κ3) is 2.06. The van der Waals surface area contributed by atoms with E-state index in [9.17, 15) is 14.9 Å². The molecule has 0 saturated heterocycles. The Morgan fingerprint density at radius 2 is 2.17 bits per heavy atom. The first-order chi connectivity index (χ1) is 8.32. The monoisotopic (exact) mass is 269 g/mol. The molecule has 96 valence electrons. The topological polar surface area (TPSA) is 69.4 Å². The van der Waals surface area contributed by atoms with Gasteiger partial charge >= 0.3 is 0 Å². The van der Waals surface area contributed by atoms with E-state index in [0.29, 0.717) is 11.4 Å². The smallest absolute Gasteiger partial charge is 0.273 e. The SMILES string of the molecule is CC1(C)C(=O)CC1Oc1cc([N+](=O)[O-])ccc1Cl. The van der Waals surface area contributed by atoms with Crippen LogP contribution in [0.25, 0.3) is 0 Å². The van der Waals surface area contributed by atoms with Crippen LogP contribution in [0.2, 0.25) is 5.02 Å². The highest BCUT2D eigenvalue weighted by Crippen LogP contribution is 2.41. The predicted octanol–water partition coefficient (Wildman–Crippen LogP) is 2.99. The van der Waals surface area contributed by atoms with E-state index in [1.807, 2.05) is 0 Å². The van der Waals surface area contributed by atoms with Gasteiger partial charge in [-0.15, -0.1) is 0 Å². The van der Waals surface area contributed by atoms with Crippen LogP contribution in [0.1, 0.15) is 20.3 Å². The van der Waals surface area contributed by atoms with Crippen LogP contribution < -0.4 is 4.74 Å². The van der Waals surface area contributed by atoms with Crippen molar-refractivity contribution in [1.82, 2.24) is 0 Å². The number of hydrogen-bond donors (Lipinski definition) is 0. The Balaban J connectivity index is 2.22. The summed E-state index contributed by atoms with van der Waals surface area (Å²) >= 11 is 5.92. The van der Waals surface area contributed by atoms with Crippen molar-refractivity contribution < 1.29 is 14.5 Å². The molecule has 1 saturated carbocycles. The lowest BCUT2D eigenvalue weighted by atomic mass is 9.68. The maximum atomic E-state index is 11.4. The average molecular weight is 270 g/mol. The molecule has 0 aliphatic heterocycles. The van der Waals surface area contributed by atoms with Crippen molar-refractivity contribution in [2.45, 2.75) is 26.4 Å². The quantitative estimate of drug-likeness (QED) is 0.625. The summed E-state index contributed by atoms with van der Waals surface area (Å²) in [5, 5.41) is 11.0. The maximum Gasteiger partial charge on any atom is 0.273 e. The molecule has 5 nitrogen and oxygen atoms in total. The molecular weight excluding hydrogens is 258 g/mol. The predicted molar refractivity (Wildman–Crippen MR) is 65.9 cm³/mol. The third-order valence-corrected chi connectivity index (χ3v) is 3.60. The van der Waals surface area contributed by atoms with Crippen molar-refractivity contribution >= 4 is 23.1 Å². The first-order valence-electron chi connectivity index (χ1n) is 5.46. The molecule has 1 aromatic carbocycles.